The summed E-state index contributed by atoms with van der Waals surface area (Å²) in [4.78, 5) is 0. The maximum Gasteiger partial charge on any atom is 0.157 e. The van der Waals surface area contributed by atoms with Crippen LogP contribution in [-0.4, -0.2) is 43.6 Å². The van der Waals surface area contributed by atoms with Gasteiger partial charge in [0.2, 0.25) is 0 Å². The Morgan fingerprint density at radius 1 is 1.00 bits per heavy atom. The van der Waals surface area contributed by atoms with Crippen LogP contribution in [0.3, 0.4) is 0 Å². The molecular formula is C19H21ClO5S. The van der Waals surface area contributed by atoms with Gasteiger partial charge < -0.3 is 24.6 Å². The first kappa shape index (κ1) is 19.6. The minimum absolute atomic E-state index is 0.300. The van der Waals surface area contributed by atoms with Crippen LogP contribution in [0, 0.1) is 6.92 Å². The standard InChI is InChI=1S/C19H21ClO5S/c1-10-2-4-11(5-3-10)8-13-9-12(6-7-14(13)20)18-16(22)15(21)17(23)19(25-18)26-24/h2-7,9,15-19,21-24H,8H2,1H3/t15-,16-,17+,18+,19-/m1/s1. The number of hydrogen-bond donors (Lipinski definition) is 4. The molecule has 0 spiro atoms. The first-order valence-corrected chi connectivity index (χ1v) is 9.46. The van der Waals surface area contributed by atoms with E-state index in [1.165, 1.54) is 5.56 Å². The van der Waals surface area contributed by atoms with Crippen molar-refractivity contribution in [3.63, 3.8) is 0 Å². The van der Waals surface area contributed by atoms with Gasteiger partial charge in [0.1, 0.15) is 24.4 Å². The molecule has 1 heterocycles. The van der Waals surface area contributed by atoms with E-state index in [1.807, 2.05) is 37.3 Å². The zero-order valence-electron chi connectivity index (χ0n) is 14.1. The highest BCUT2D eigenvalue weighted by Gasteiger charge is 2.44. The molecule has 1 aliphatic heterocycles. The predicted octanol–water partition coefficient (Wildman–Crippen LogP) is 2.93. The molecule has 140 valence electrons. The van der Waals surface area contributed by atoms with Gasteiger partial charge in [-0.05, 0) is 36.1 Å². The molecule has 2 aromatic rings. The van der Waals surface area contributed by atoms with Gasteiger partial charge in [0.15, 0.2) is 5.44 Å². The fraction of sp³-hybridized carbons (Fsp3) is 0.368. The summed E-state index contributed by atoms with van der Waals surface area (Å²) in [6.07, 6.45) is -4.39. The Labute approximate surface area is 161 Å². The highest BCUT2D eigenvalue weighted by molar-refractivity contribution is 7.94. The zero-order valence-corrected chi connectivity index (χ0v) is 15.7. The SMILES string of the molecule is Cc1ccc(Cc2cc([C@@H]3O[C@H](SO)[C@@H](O)[C@H](O)[C@H]3O)ccc2Cl)cc1. The van der Waals surface area contributed by atoms with Crippen molar-refractivity contribution < 1.29 is 24.6 Å². The van der Waals surface area contributed by atoms with Crippen LogP contribution in [0.5, 0.6) is 0 Å². The molecule has 1 saturated heterocycles. The van der Waals surface area contributed by atoms with Crippen molar-refractivity contribution in [3.05, 3.63) is 69.7 Å². The van der Waals surface area contributed by atoms with E-state index >= 15 is 0 Å². The molecule has 2 aromatic carbocycles. The van der Waals surface area contributed by atoms with Gasteiger partial charge in [-0.15, -0.1) is 0 Å². The first-order chi connectivity index (χ1) is 12.4. The van der Waals surface area contributed by atoms with E-state index in [4.69, 9.17) is 16.3 Å². The quantitative estimate of drug-likeness (QED) is 0.594. The van der Waals surface area contributed by atoms with E-state index in [-0.39, 0.29) is 0 Å². The van der Waals surface area contributed by atoms with Crippen LogP contribution in [0.15, 0.2) is 42.5 Å². The number of hydrogen-bond acceptors (Lipinski definition) is 6. The maximum atomic E-state index is 10.3. The highest BCUT2D eigenvalue weighted by Crippen LogP contribution is 2.37. The van der Waals surface area contributed by atoms with Crippen LogP contribution >= 0.6 is 23.6 Å². The normalized spacial score (nSPS) is 28.9. The second kappa shape index (κ2) is 8.27. The van der Waals surface area contributed by atoms with Gasteiger partial charge in [-0.3, -0.25) is 0 Å². The lowest BCUT2D eigenvalue weighted by atomic mass is 9.92. The van der Waals surface area contributed by atoms with Gasteiger partial charge in [0, 0.05) is 17.1 Å². The van der Waals surface area contributed by atoms with Crippen molar-refractivity contribution in [1.82, 2.24) is 0 Å². The number of aliphatic hydroxyl groups excluding tert-OH is 3. The summed E-state index contributed by atoms with van der Waals surface area (Å²) in [6.45, 7) is 2.02. The number of aliphatic hydroxyl groups is 3. The minimum atomic E-state index is -1.42. The maximum absolute atomic E-state index is 10.3. The first-order valence-electron chi connectivity index (χ1n) is 8.24. The topological polar surface area (TPSA) is 90.2 Å². The summed E-state index contributed by atoms with van der Waals surface area (Å²) in [5.74, 6) is 0. The average molecular weight is 397 g/mol. The Morgan fingerprint density at radius 2 is 1.69 bits per heavy atom. The third-order valence-electron chi connectivity index (χ3n) is 4.59. The number of aryl methyl sites for hydroxylation is 1. The molecule has 1 aliphatic rings. The van der Waals surface area contributed by atoms with Gasteiger partial charge in [0.25, 0.3) is 0 Å². The Kier molecular flexibility index (Phi) is 6.25. The molecule has 5 nitrogen and oxygen atoms in total. The van der Waals surface area contributed by atoms with Crippen LogP contribution < -0.4 is 0 Å². The molecular weight excluding hydrogens is 376 g/mol. The fourth-order valence-corrected chi connectivity index (χ4v) is 3.68. The lowest BCUT2D eigenvalue weighted by Gasteiger charge is -2.39. The molecule has 5 atom stereocenters. The summed E-state index contributed by atoms with van der Waals surface area (Å²) >= 11 is 6.62. The van der Waals surface area contributed by atoms with Crippen molar-refractivity contribution in [1.29, 1.82) is 0 Å². The molecule has 4 N–H and O–H groups in total. The molecule has 0 aromatic heterocycles. The lowest BCUT2D eigenvalue weighted by molar-refractivity contribution is -0.201. The summed E-state index contributed by atoms with van der Waals surface area (Å²) in [5.41, 5.74) is 2.70. The second-order valence-corrected chi connectivity index (χ2v) is 7.60. The number of halogens is 1. The monoisotopic (exact) mass is 396 g/mol. The van der Waals surface area contributed by atoms with Crippen molar-refractivity contribution in [2.45, 2.75) is 43.2 Å². The summed E-state index contributed by atoms with van der Waals surface area (Å²) in [7, 11) is 0. The highest BCUT2D eigenvalue weighted by atomic mass is 35.5. The predicted molar refractivity (Wildman–Crippen MR) is 101 cm³/mol. The van der Waals surface area contributed by atoms with Gasteiger partial charge in [-0.2, -0.15) is 0 Å². The molecule has 1 fully saturated rings. The van der Waals surface area contributed by atoms with Gasteiger partial charge in [-0.25, -0.2) is 0 Å². The van der Waals surface area contributed by atoms with Gasteiger partial charge in [0.05, 0.1) is 0 Å². The van der Waals surface area contributed by atoms with E-state index in [0.717, 1.165) is 11.1 Å². The fourth-order valence-electron chi connectivity index (χ4n) is 3.04. The van der Waals surface area contributed by atoms with E-state index in [1.54, 1.807) is 12.1 Å². The van der Waals surface area contributed by atoms with Crippen LogP contribution in [-0.2, 0) is 11.2 Å². The Hall–Kier alpha value is -1.12. The van der Waals surface area contributed by atoms with Gasteiger partial charge >= 0.3 is 0 Å². The molecule has 0 amide bonds. The van der Waals surface area contributed by atoms with Crippen molar-refractivity contribution in [2.75, 3.05) is 0 Å². The van der Waals surface area contributed by atoms with Crippen molar-refractivity contribution >= 4 is 23.6 Å². The average Bonchev–Trinajstić information content (AvgIpc) is 2.64. The largest absolute Gasteiger partial charge is 0.387 e. The molecule has 7 heteroatoms. The molecule has 26 heavy (non-hydrogen) atoms. The summed E-state index contributed by atoms with van der Waals surface area (Å²) < 4.78 is 14.9. The lowest BCUT2D eigenvalue weighted by Crippen LogP contribution is -2.52. The van der Waals surface area contributed by atoms with Crippen LogP contribution in [0.25, 0.3) is 0 Å². The Bertz CT molecular complexity index is 752. The van der Waals surface area contributed by atoms with Crippen LogP contribution in [0.2, 0.25) is 5.02 Å². The van der Waals surface area contributed by atoms with Crippen molar-refractivity contribution in [2.24, 2.45) is 0 Å². The molecule has 0 aliphatic carbocycles. The van der Waals surface area contributed by atoms with Crippen LogP contribution in [0.1, 0.15) is 28.4 Å². The zero-order chi connectivity index (χ0) is 18.8. The number of ether oxygens (including phenoxy) is 1. The van der Waals surface area contributed by atoms with Crippen molar-refractivity contribution in [3.8, 4) is 0 Å². The molecule has 0 unspecified atom stereocenters. The molecule has 0 saturated carbocycles. The van der Waals surface area contributed by atoms with Crippen LogP contribution in [0.4, 0.5) is 0 Å². The van der Waals surface area contributed by atoms with E-state index in [2.05, 4.69) is 0 Å². The Balaban J connectivity index is 1.87. The molecule has 0 bridgehead atoms. The third kappa shape index (κ3) is 4.07. The van der Waals surface area contributed by atoms with Gasteiger partial charge in [-0.1, -0.05) is 53.6 Å². The number of benzene rings is 2. The summed E-state index contributed by atoms with van der Waals surface area (Å²) in [6, 6.07) is 13.4. The van der Waals surface area contributed by atoms with E-state index < -0.39 is 29.9 Å². The van der Waals surface area contributed by atoms with E-state index in [9.17, 15) is 19.9 Å². The summed E-state index contributed by atoms with van der Waals surface area (Å²) in [5, 5.41) is 30.8. The smallest absolute Gasteiger partial charge is 0.157 e. The Morgan fingerprint density at radius 3 is 2.35 bits per heavy atom. The number of rotatable bonds is 4. The molecule has 0 radical (unpaired) electrons. The second-order valence-electron chi connectivity index (χ2n) is 6.52. The minimum Gasteiger partial charge on any atom is -0.387 e. The third-order valence-corrected chi connectivity index (χ3v) is 5.55. The molecule has 3 rings (SSSR count). The van der Waals surface area contributed by atoms with E-state index in [0.29, 0.717) is 29.0 Å².